The number of aromatic carboxylic acids is 1. The number of carboxylic acid groups (broad SMARTS) is 1. The molecule has 0 unspecified atom stereocenters. The molecule has 1 aromatic carbocycles. The van der Waals surface area contributed by atoms with Crippen LogP contribution in [0, 0.1) is 0 Å². The molecule has 0 bridgehead atoms. The Balaban J connectivity index is 2.10. The minimum absolute atomic E-state index is 0.130. The predicted octanol–water partition coefficient (Wildman–Crippen LogP) is 1.50. The highest BCUT2D eigenvalue weighted by molar-refractivity contribution is 5.91. The lowest BCUT2D eigenvalue weighted by atomic mass is 10.1. The van der Waals surface area contributed by atoms with Gasteiger partial charge < -0.3 is 15.3 Å². The molecule has 3 aromatic rings. The van der Waals surface area contributed by atoms with E-state index in [9.17, 15) is 4.79 Å². The molecule has 0 aliphatic heterocycles. The third-order valence-corrected chi connectivity index (χ3v) is 2.56. The maximum atomic E-state index is 10.7. The van der Waals surface area contributed by atoms with Gasteiger partial charge in [0.2, 0.25) is 5.89 Å². The van der Waals surface area contributed by atoms with Crippen LogP contribution >= 0.6 is 0 Å². The number of nitrogens with one attached hydrogen (secondary N) is 1. The molecule has 0 radical (unpaired) electrons. The highest BCUT2D eigenvalue weighted by atomic mass is 16.4. The van der Waals surface area contributed by atoms with Crippen LogP contribution in [0.1, 0.15) is 10.5 Å². The summed E-state index contributed by atoms with van der Waals surface area (Å²) in [5.74, 6) is -0.477. The first kappa shape index (κ1) is 10.3. The molecule has 3 rings (SSSR count). The van der Waals surface area contributed by atoms with E-state index in [-0.39, 0.29) is 11.6 Å². The lowest BCUT2D eigenvalue weighted by Gasteiger charge is -1.95. The van der Waals surface area contributed by atoms with Crippen LogP contribution in [0.5, 0.6) is 0 Å². The maximum absolute atomic E-state index is 10.7. The van der Waals surface area contributed by atoms with Gasteiger partial charge in [-0.15, -0.1) is 0 Å². The van der Waals surface area contributed by atoms with Gasteiger partial charge in [-0.25, -0.2) is 9.78 Å². The minimum Gasteiger partial charge on any atom is -0.476 e. The minimum atomic E-state index is -1.13. The van der Waals surface area contributed by atoms with Crippen molar-refractivity contribution in [3.63, 3.8) is 0 Å². The van der Waals surface area contributed by atoms with Gasteiger partial charge in [-0.05, 0) is 18.2 Å². The number of aromatic amines is 1. The van der Waals surface area contributed by atoms with Gasteiger partial charge in [0, 0.05) is 10.9 Å². The van der Waals surface area contributed by atoms with Crippen molar-refractivity contribution in [2.24, 2.45) is 0 Å². The molecule has 7 heteroatoms. The molecular formula is C11H8N4O3. The molecule has 2 heterocycles. The summed E-state index contributed by atoms with van der Waals surface area (Å²) in [5.41, 5.74) is 6.91. The van der Waals surface area contributed by atoms with Crippen molar-refractivity contribution in [3.05, 3.63) is 30.2 Å². The van der Waals surface area contributed by atoms with Gasteiger partial charge in [0.1, 0.15) is 6.26 Å². The van der Waals surface area contributed by atoms with Crippen LogP contribution in [-0.4, -0.2) is 26.3 Å². The number of carbonyl (C=O) groups is 1. The smallest absolute Gasteiger partial charge is 0.357 e. The van der Waals surface area contributed by atoms with Crippen molar-refractivity contribution in [2.75, 3.05) is 5.73 Å². The van der Waals surface area contributed by atoms with Gasteiger partial charge in [-0.2, -0.15) is 5.10 Å². The fourth-order valence-corrected chi connectivity index (χ4v) is 1.68. The topological polar surface area (TPSA) is 118 Å². The third kappa shape index (κ3) is 1.49. The molecule has 0 fully saturated rings. The summed E-state index contributed by atoms with van der Waals surface area (Å²) in [6.07, 6.45) is 1.10. The number of nitrogen functional groups attached to an aromatic ring is 1. The van der Waals surface area contributed by atoms with Gasteiger partial charge in [0.15, 0.2) is 11.5 Å². The number of rotatable bonds is 2. The van der Waals surface area contributed by atoms with Crippen molar-refractivity contribution in [3.8, 4) is 11.5 Å². The Hall–Kier alpha value is -2.83. The molecule has 0 spiro atoms. The van der Waals surface area contributed by atoms with Gasteiger partial charge in [0.05, 0.1) is 5.52 Å². The second-order valence-electron chi connectivity index (χ2n) is 3.71. The number of hydrogen-bond donors (Lipinski definition) is 3. The molecule has 0 saturated carbocycles. The van der Waals surface area contributed by atoms with E-state index in [1.165, 1.54) is 0 Å². The number of anilines is 1. The lowest BCUT2D eigenvalue weighted by Crippen LogP contribution is -1.95. The number of carboxylic acids is 1. The monoisotopic (exact) mass is 244 g/mol. The predicted molar refractivity (Wildman–Crippen MR) is 63.0 cm³/mol. The van der Waals surface area contributed by atoms with E-state index in [0.717, 1.165) is 17.2 Å². The van der Waals surface area contributed by atoms with Crippen molar-refractivity contribution in [1.29, 1.82) is 0 Å². The van der Waals surface area contributed by atoms with Crippen molar-refractivity contribution >= 4 is 22.7 Å². The van der Waals surface area contributed by atoms with Crippen molar-refractivity contribution in [2.45, 2.75) is 0 Å². The molecule has 7 nitrogen and oxygen atoms in total. The Bertz CT molecular complexity index is 744. The fourth-order valence-electron chi connectivity index (χ4n) is 1.68. The van der Waals surface area contributed by atoms with Gasteiger partial charge >= 0.3 is 5.97 Å². The van der Waals surface area contributed by atoms with Crippen LogP contribution in [0.3, 0.4) is 0 Å². The van der Waals surface area contributed by atoms with Crippen LogP contribution in [0.25, 0.3) is 22.4 Å². The SMILES string of the molecule is Nc1n[nH]c2cc(-c3nc(C(=O)O)co3)ccc12. The van der Waals surface area contributed by atoms with E-state index in [1.807, 2.05) is 0 Å². The van der Waals surface area contributed by atoms with Crippen LogP contribution in [-0.2, 0) is 0 Å². The standard InChI is InChI=1S/C11H8N4O3/c12-9-6-2-1-5(3-7(6)14-15-9)10-13-8(4-18-10)11(16)17/h1-4H,(H,16,17)(H3,12,14,15). The first-order chi connectivity index (χ1) is 8.65. The number of benzene rings is 1. The number of nitrogens with two attached hydrogens (primary N) is 1. The Morgan fingerprint density at radius 3 is 3.00 bits per heavy atom. The normalized spacial score (nSPS) is 10.9. The molecule has 2 aromatic heterocycles. The molecule has 90 valence electrons. The zero-order valence-electron chi connectivity index (χ0n) is 9.04. The molecular weight excluding hydrogens is 236 g/mol. The summed E-state index contributed by atoms with van der Waals surface area (Å²) in [7, 11) is 0. The second-order valence-corrected chi connectivity index (χ2v) is 3.71. The van der Waals surface area contributed by atoms with Crippen LogP contribution < -0.4 is 5.73 Å². The Morgan fingerprint density at radius 2 is 2.28 bits per heavy atom. The number of nitrogens with zero attached hydrogens (tertiary/aromatic N) is 2. The number of hydrogen-bond acceptors (Lipinski definition) is 5. The fraction of sp³-hybridized carbons (Fsp3) is 0. The van der Waals surface area contributed by atoms with Gasteiger partial charge in [0.25, 0.3) is 0 Å². The van der Waals surface area contributed by atoms with Crippen molar-refractivity contribution in [1.82, 2.24) is 15.2 Å². The molecule has 18 heavy (non-hydrogen) atoms. The van der Waals surface area contributed by atoms with E-state index in [4.69, 9.17) is 15.3 Å². The summed E-state index contributed by atoms with van der Waals surface area (Å²) in [4.78, 5) is 14.6. The van der Waals surface area contributed by atoms with E-state index >= 15 is 0 Å². The van der Waals surface area contributed by atoms with Crippen LogP contribution in [0.2, 0.25) is 0 Å². The summed E-state index contributed by atoms with van der Waals surface area (Å²) >= 11 is 0. The largest absolute Gasteiger partial charge is 0.476 e. The Morgan fingerprint density at radius 1 is 1.44 bits per heavy atom. The first-order valence-electron chi connectivity index (χ1n) is 5.08. The molecule has 0 saturated heterocycles. The van der Waals surface area contributed by atoms with E-state index in [0.29, 0.717) is 11.4 Å². The lowest BCUT2D eigenvalue weighted by molar-refractivity contribution is 0.0690. The van der Waals surface area contributed by atoms with E-state index in [2.05, 4.69) is 15.2 Å². The number of aromatic nitrogens is 3. The van der Waals surface area contributed by atoms with Crippen molar-refractivity contribution < 1.29 is 14.3 Å². The van der Waals surface area contributed by atoms with Crippen LogP contribution in [0.15, 0.2) is 28.9 Å². The quantitative estimate of drug-likeness (QED) is 0.628. The first-order valence-corrected chi connectivity index (χ1v) is 5.08. The zero-order chi connectivity index (χ0) is 12.7. The zero-order valence-corrected chi connectivity index (χ0v) is 9.04. The second kappa shape index (κ2) is 3.59. The average Bonchev–Trinajstić information content (AvgIpc) is 2.96. The number of fused-ring (bicyclic) bond motifs is 1. The third-order valence-electron chi connectivity index (χ3n) is 2.56. The average molecular weight is 244 g/mol. The van der Waals surface area contributed by atoms with Crippen LogP contribution in [0.4, 0.5) is 5.82 Å². The summed E-state index contributed by atoms with van der Waals surface area (Å²) in [6.45, 7) is 0. The molecule has 0 amide bonds. The van der Waals surface area contributed by atoms with Gasteiger partial charge in [-0.1, -0.05) is 0 Å². The maximum Gasteiger partial charge on any atom is 0.357 e. The summed E-state index contributed by atoms with van der Waals surface area (Å²) in [6, 6.07) is 5.26. The number of H-pyrrole nitrogens is 1. The number of oxazole rings is 1. The molecule has 4 N–H and O–H groups in total. The highest BCUT2D eigenvalue weighted by Gasteiger charge is 2.13. The molecule has 0 aliphatic rings. The molecule has 0 aliphatic carbocycles. The Kier molecular flexibility index (Phi) is 2.06. The summed E-state index contributed by atoms with van der Waals surface area (Å²) in [5, 5.41) is 16.2. The Labute approximate surface area is 100 Å². The molecule has 0 atom stereocenters. The highest BCUT2D eigenvalue weighted by Crippen LogP contribution is 2.25. The van der Waals surface area contributed by atoms with Gasteiger partial charge in [-0.3, -0.25) is 5.10 Å². The van der Waals surface area contributed by atoms with E-state index < -0.39 is 5.97 Å². The van der Waals surface area contributed by atoms with E-state index in [1.54, 1.807) is 18.2 Å². The summed E-state index contributed by atoms with van der Waals surface area (Å²) < 4.78 is 5.11.